The van der Waals surface area contributed by atoms with Crippen molar-refractivity contribution in [2.24, 2.45) is 29.6 Å². The number of hydrogen-bond acceptors (Lipinski definition) is 3. The third-order valence-corrected chi connectivity index (χ3v) is 5.50. The quantitative estimate of drug-likeness (QED) is 0.574. The highest BCUT2D eigenvalue weighted by Crippen LogP contribution is 2.54. The zero-order valence-corrected chi connectivity index (χ0v) is 13.5. The van der Waals surface area contributed by atoms with E-state index in [-0.39, 0.29) is 18.0 Å². The molecule has 0 aromatic carbocycles. The van der Waals surface area contributed by atoms with Crippen molar-refractivity contribution in [1.82, 2.24) is 0 Å². The Hall–Kier alpha value is -0.830. The molecule has 2 fully saturated rings. The first-order valence-electron chi connectivity index (χ1n) is 8.53. The van der Waals surface area contributed by atoms with Crippen molar-refractivity contribution in [3.63, 3.8) is 0 Å². The molecular weight excluding hydrogens is 264 g/mol. The first-order valence-corrected chi connectivity index (χ1v) is 8.53. The van der Waals surface area contributed by atoms with Gasteiger partial charge >= 0.3 is 5.97 Å². The standard InChI is InChI=1S/C18H28O3/c1-11(2)18(19)20-10-12(3)21-15-8-13-7-14(9-15)17-6-4-5-16(13)17/h4-5,11-17H,6-10H2,1-3H3. The van der Waals surface area contributed by atoms with Crippen LogP contribution in [0.5, 0.6) is 0 Å². The lowest BCUT2D eigenvalue weighted by molar-refractivity contribution is -0.153. The first-order chi connectivity index (χ1) is 10.0. The fourth-order valence-corrected chi connectivity index (χ4v) is 4.57. The number of hydrogen-bond donors (Lipinski definition) is 0. The van der Waals surface area contributed by atoms with Crippen LogP contribution in [0.4, 0.5) is 0 Å². The van der Waals surface area contributed by atoms with Crippen LogP contribution >= 0.6 is 0 Å². The zero-order valence-electron chi connectivity index (χ0n) is 13.5. The molecule has 0 N–H and O–H groups in total. The molecule has 0 heterocycles. The van der Waals surface area contributed by atoms with E-state index in [0.717, 1.165) is 23.7 Å². The van der Waals surface area contributed by atoms with E-state index in [1.54, 1.807) is 0 Å². The minimum absolute atomic E-state index is 0.00517. The smallest absolute Gasteiger partial charge is 0.308 e. The van der Waals surface area contributed by atoms with Crippen molar-refractivity contribution >= 4 is 5.97 Å². The van der Waals surface area contributed by atoms with E-state index in [0.29, 0.717) is 12.7 Å². The van der Waals surface area contributed by atoms with Crippen LogP contribution in [0.15, 0.2) is 12.2 Å². The average Bonchev–Trinajstić information content (AvgIpc) is 3.00. The Kier molecular flexibility index (Phi) is 4.39. The van der Waals surface area contributed by atoms with Crippen molar-refractivity contribution in [1.29, 1.82) is 0 Å². The summed E-state index contributed by atoms with van der Waals surface area (Å²) in [4.78, 5) is 11.5. The van der Waals surface area contributed by atoms with Gasteiger partial charge < -0.3 is 9.47 Å². The molecule has 3 nitrogen and oxygen atoms in total. The average molecular weight is 292 g/mol. The maximum Gasteiger partial charge on any atom is 0.308 e. The summed E-state index contributed by atoms with van der Waals surface area (Å²) in [6.45, 7) is 6.12. The van der Waals surface area contributed by atoms with Crippen LogP contribution in [0.1, 0.15) is 46.5 Å². The van der Waals surface area contributed by atoms with Gasteiger partial charge in [0.05, 0.1) is 18.1 Å². The van der Waals surface area contributed by atoms with Gasteiger partial charge in [0.25, 0.3) is 0 Å². The fourth-order valence-electron chi connectivity index (χ4n) is 4.57. The van der Waals surface area contributed by atoms with Gasteiger partial charge in [0.2, 0.25) is 0 Å². The molecule has 0 radical (unpaired) electrons. The van der Waals surface area contributed by atoms with E-state index in [1.807, 2.05) is 20.8 Å². The summed E-state index contributed by atoms with van der Waals surface area (Å²) in [6.07, 6.45) is 10.3. The second-order valence-corrected chi connectivity index (χ2v) is 7.49. The van der Waals surface area contributed by atoms with E-state index in [2.05, 4.69) is 12.2 Å². The second kappa shape index (κ2) is 6.12. The normalized spacial score (nSPS) is 38.6. The van der Waals surface area contributed by atoms with E-state index in [1.165, 1.54) is 25.7 Å². The molecule has 6 atom stereocenters. The summed E-state index contributed by atoms with van der Waals surface area (Å²) >= 11 is 0. The summed E-state index contributed by atoms with van der Waals surface area (Å²) in [5.41, 5.74) is 0. The Bertz CT molecular complexity index is 415. The monoisotopic (exact) mass is 292 g/mol. The Morgan fingerprint density at radius 3 is 2.71 bits per heavy atom. The van der Waals surface area contributed by atoms with Crippen molar-refractivity contribution in [3.8, 4) is 0 Å². The van der Waals surface area contributed by atoms with Gasteiger partial charge in [0, 0.05) is 0 Å². The van der Waals surface area contributed by atoms with Crippen molar-refractivity contribution in [2.45, 2.75) is 58.7 Å². The predicted octanol–water partition coefficient (Wildman–Crippen LogP) is 3.58. The van der Waals surface area contributed by atoms with Gasteiger partial charge in [-0.25, -0.2) is 0 Å². The van der Waals surface area contributed by atoms with Crippen molar-refractivity contribution in [3.05, 3.63) is 12.2 Å². The summed E-state index contributed by atoms with van der Waals surface area (Å²) in [5, 5.41) is 0. The lowest BCUT2D eigenvalue weighted by Crippen LogP contribution is -2.31. The molecule has 2 saturated carbocycles. The molecule has 2 bridgehead atoms. The lowest BCUT2D eigenvalue weighted by atomic mass is 9.84. The number of fused-ring (bicyclic) bond motifs is 5. The number of carbonyl (C=O) groups excluding carboxylic acids is 1. The number of carbonyl (C=O) groups is 1. The minimum Gasteiger partial charge on any atom is -0.463 e. The largest absolute Gasteiger partial charge is 0.463 e. The summed E-state index contributed by atoms with van der Waals surface area (Å²) in [7, 11) is 0. The third-order valence-electron chi connectivity index (χ3n) is 5.50. The van der Waals surface area contributed by atoms with Gasteiger partial charge in [-0.15, -0.1) is 0 Å². The molecule has 3 rings (SSSR count). The van der Waals surface area contributed by atoms with Crippen molar-refractivity contribution < 1.29 is 14.3 Å². The molecule has 6 unspecified atom stereocenters. The Morgan fingerprint density at radius 2 is 1.95 bits per heavy atom. The molecule has 21 heavy (non-hydrogen) atoms. The summed E-state index contributed by atoms with van der Waals surface area (Å²) in [6, 6.07) is 0. The van der Waals surface area contributed by atoms with Gasteiger partial charge in [-0.2, -0.15) is 0 Å². The van der Waals surface area contributed by atoms with E-state index in [9.17, 15) is 4.79 Å². The number of allylic oxidation sites excluding steroid dienone is 2. The van der Waals surface area contributed by atoms with Crippen LogP contribution in [0, 0.1) is 29.6 Å². The summed E-state index contributed by atoms with van der Waals surface area (Å²) in [5.74, 6) is 3.18. The highest BCUT2D eigenvalue weighted by molar-refractivity contribution is 5.71. The molecule has 0 amide bonds. The van der Waals surface area contributed by atoms with Crippen LogP contribution in [0.3, 0.4) is 0 Å². The van der Waals surface area contributed by atoms with Gasteiger partial charge in [-0.05, 0) is 56.3 Å². The lowest BCUT2D eigenvalue weighted by Gasteiger charge is -2.31. The van der Waals surface area contributed by atoms with E-state index in [4.69, 9.17) is 9.47 Å². The highest BCUT2D eigenvalue weighted by Gasteiger charge is 2.48. The zero-order chi connectivity index (χ0) is 15.0. The second-order valence-electron chi connectivity index (χ2n) is 7.49. The van der Waals surface area contributed by atoms with Crippen LogP contribution in [0.2, 0.25) is 0 Å². The molecule has 0 saturated heterocycles. The molecule has 0 aromatic rings. The third kappa shape index (κ3) is 3.18. The van der Waals surface area contributed by atoms with E-state index < -0.39 is 0 Å². The molecule has 3 aliphatic carbocycles. The number of esters is 1. The number of rotatable bonds is 5. The maximum atomic E-state index is 11.5. The molecule has 118 valence electrons. The maximum absolute atomic E-state index is 11.5. The molecule has 0 aromatic heterocycles. The molecular formula is C18H28O3. The van der Waals surface area contributed by atoms with Gasteiger partial charge in [0.1, 0.15) is 6.61 Å². The Labute approximate surface area is 128 Å². The minimum atomic E-state index is -0.131. The molecule has 3 heteroatoms. The molecule has 0 aliphatic heterocycles. The van der Waals surface area contributed by atoms with Gasteiger partial charge in [0.15, 0.2) is 0 Å². The number of ether oxygens (including phenoxy) is 2. The first kappa shape index (κ1) is 15.1. The van der Waals surface area contributed by atoms with Crippen molar-refractivity contribution in [2.75, 3.05) is 6.61 Å². The van der Waals surface area contributed by atoms with Crippen LogP contribution in [-0.2, 0) is 14.3 Å². The fraction of sp³-hybridized carbons (Fsp3) is 0.833. The Balaban J connectivity index is 1.46. The Morgan fingerprint density at radius 1 is 1.19 bits per heavy atom. The van der Waals surface area contributed by atoms with Crippen LogP contribution < -0.4 is 0 Å². The molecule has 3 aliphatic rings. The predicted molar refractivity (Wildman–Crippen MR) is 81.7 cm³/mol. The van der Waals surface area contributed by atoms with Gasteiger partial charge in [-0.1, -0.05) is 26.0 Å². The van der Waals surface area contributed by atoms with Gasteiger partial charge in [-0.3, -0.25) is 4.79 Å². The molecule has 0 spiro atoms. The topological polar surface area (TPSA) is 35.5 Å². The van der Waals surface area contributed by atoms with Crippen LogP contribution in [-0.4, -0.2) is 24.8 Å². The van der Waals surface area contributed by atoms with Crippen LogP contribution in [0.25, 0.3) is 0 Å². The highest BCUT2D eigenvalue weighted by atomic mass is 16.6. The van der Waals surface area contributed by atoms with E-state index >= 15 is 0 Å². The summed E-state index contributed by atoms with van der Waals surface area (Å²) < 4.78 is 11.4. The SMILES string of the molecule is CC(COC(=O)C(C)C)OC1CC2CC(C1)C1CC=CC21.